The van der Waals surface area contributed by atoms with E-state index in [2.05, 4.69) is 21.0 Å². The molecule has 96 valence electrons. The number of unbranched alkanes of at least 4 members (excludes halogenated alkanes) is 3. The number of aryl methyl sites for hydroxylation is 1. The average molecular weight is 302 g/mol. The third kappa shape index (κ3) is 4.24. The van der Waals surface area contributed by atoms with E-state index in [9.17, 15) is 4.79 Å². The number of ketones is 1. The lowest BCUT2D eigenvalue weighted by molar-refractivity contribution is 0.0968. The summed E-state index contributed by atoms with van der Waals surface area (Å²) in [6.45, 7) is 3.44. The maximum absolute atomic E-state index is 12.0. The Balaban J connectivity index is 2.44. The first-order valence-electron chi connectivity index (χ1n) is 6.15. The lowest BCUT2D eigenvalue weighted by Crippen LogP contribution is -2.10. The fourth-order valence-electron chi connectivity index (χ4n) is 1.78. The summed E-state index contributed by atoms with van der Waals surface area (Å²) in [4.78, 5) is 12.0. The van der Waals surface area contributed by atoms with Crippen LogP contribution >= 0.6 is 15.9 Å². The zero-order valence-electron chi connectivity index (χ0n) is 10.3. The van der Waals surface area contributed by atoms with Crippen molar-refractivity contribution < 1.29 is 4.79 Å². The zero-order valence-corrected chi connectivity index (χ0v) is 11.9. The first kappa shape index (κ1) is 14.4. The molecule has 0 saturated heterocycles. The second kappa shape index (κ2) is 7.61. The Hall–Kier alpha value is -0.680. The molecular weight excluding hydrogens is 282 g/mol. The number of carbonyl (C=O) groups excluding carboxylic acids is 1. The number of hydrogen-bond donors (Lipinski definition) is 1. The van der Waals surface area contributed by atoms with Crippen molar-refractivity contribution in [2.24, 2.45) is 5.73 Å². The monoisotopic (exact) mass is 301 g/mol. The number of nitrogens with zero attached hydrogens (tertiary/aromatic N) is 2. The van der Waals surface area contributed by atoms with Crippen molar-refractivity contribution in [2.75, 3.05) is 6.54 Å². The summed E-state index contributed by atoms with van der Waals surface area (Å²) in [6, 6.07) is 0. The fraction of sp³-hybridized carbons (Fsp3) is 0.667. The first-order chi connectivity index (χ1) is 8.20. The van der Waals surface area contributed by atoms with Gasteiger partial charge in [-0.15, -0.1) is 0 Å². The van der Waals surface area contributed by atoms with Crippen molar-refractivity contribution >= 4 is 21.7 Å². The van der Waals surface area contributed by atoms with Gasteiger partial charge in [-0.25, -0.2) is 0 Å². The first-order valence-corrected chi connectivity index (χ1v) is 6.94. The predicted molar refractivity (Wildman–Crippen MR) is 72.1 cm³/mol. The smallest absolute Gasteiger partial charge is 0.182 e. The minimum atomic E-state index is 0.170. The minimum Gasteiger partial charge on any atom is -0.330 e. The van der Waals surface area contributed by atoms with E-state index in [0.29, 0.717) is 12.1 Å². The molecule has 1 aromatic rings. The van der Waals surface area contributed by atoms with Crippen LogP contribution in [0.5, 0.6) is 0 Å². The summed E-state index contributed by atoms with van der Waals surface area (Å²) in [5, 5.41) is 4.15. The summed E-state index contributed by atoms with van der Waals surface area (Å²) in [5.74, 6) is 0.170. The summed E-state index contributed by atoms with van der Waals surface area (Å²) in [5.41, 5.74) is 6.12. The predicted octanol–water partition coefficient (Wildman–Crippen LogP) is 2.76. The molecule has 1 heterocycles. The molecule has 0 aromatic carbocycles. The molecule has 2 N–H and O–H groups in total. The second-order valence-corrected chi connectivity index (χ2v) is 4.89. The lowest BCUT2D eigenvalue weighted by atomic mass is 10.1. The van der Waals surface area contributed by atoms with Crippen LogP contribution in [-0.2, 0) is 6.54 Å². The highest BCUT2D eigenvalue weighted by Gasteiger charge is 2.15. The number of carbonyl (C=O) groups is 1. The maximum Gasteiger partial charge on any atom is 0.182 e. The number of hydrogen-bond acceptors (Lipinski definition) is 3. The number of nitrogens with two attached hydrogens (primary N) is 1. The van der Waals surface area contributed by atoms with Gasteiger partial charge >= 0.3 is 0 Å². The molecule has 0 atom stereocenters. The summed E-state index contributed by atoms with van der Waals surface area (Å²) >= 11 is 3.37. The third-order valence-corrected chi connectivity index (χ3v) is 3.30. The molecule has 0 amide bonds. The van der Waals surface area contributed by atoms with E-state index in [1.165, 1.54) is 0 Å². The van der Waals surface area contributed by atoms with Crippen molar-refractivity contribution in [3.05, 3.63) is 16.4 Å². The molecule has 0 aliphatic carbocycles. The molecule has 0 saturated carbocycles. The molecule has 0 radical (unpaired) electrons. The van der Waals surface area contributed by atoms with Crippen molar-refractivity contribution in [3.63, 3.8) is 0 Å². The van der Waals surface area contributed by atoms with Gasteiger partial charge in [0, 0.05) is 13.0 Å². The lowest BCUT2D eigenvalue weighted by Gasteiger charge is -2.04. The van der Waals surface area contributed by atoms with Crippen LogP contribution in [0.3, 0.4) is 0 Å². The van der Waals surface area contributed by atoms with Gasteiger partial charge in [0.15, 0.2) is 5.78 Å². The Kier molecular flexibility index (Phi) is 6.44. The Labute approximate surface area is 111 Å². The van der Waals surface area contributed by atoms with Crippen molar-refractivity contribution in [2.45, 2.75) is 45.6 Å². The fourth-order valence-corrected chi connectivity index (χ4v) is 2.30. The minimum absolute atomic E-state index is 0.170. The topological polar surface area (TPSA) is 60.9 Å². The summed E-state index contributed by atoms with van der Waals surface area (Å²) in [7, 11) is 0. The molecule has 0 bridgehead atoms. The quantitative estimate of drug-likeness (QED) is 0.593. The van der Waals surface area contributed by atoms with E-state index in [1.807, 2.05) is 6.92 Å². The highest BCUT2D eigenvalue weighted by atomic mass is 79.9. The number of rotatable bonds is 8. The van der Waals surface area contributed by atoms with Crippen molar-refractivity contribution in [1.82, 2.24) is 9.78 Å². The van der Waals surface area contributed by atoms with Gasteiger partial charge in [-0.2, -0.15) is 5.10 Å². The summed E-state index contributed by atoms with van der Waals surface area (Å²) in [6.07, 6.45) is 6.43. The van der Waals surface area contributed by atoms with E-state index >= 15 is 0 Å². The highest BCUT2D eigenvalue weighted by molar-refractivity contribution is 9.10. The van der Waals surface area contributed by atoms with Crippen LogP contribution in [0.1, 0.15) is 49.5 Å². The van der Waals surface area contributed by atoms with Gasteiger partial charge in [0.2, 0.25) is 0 Å². The van der Waals surface area contributed by atoms with Gasteiger partial charge in [-0.3, -0.25) is 9.48 Å². The zero-order chi connectivity index (χ0) is 12.7. The standard InChI is InChI=1S/C12H20BrN3O/c1-2-16-12(10(13)9-15-16)11(17)7-5-3-4-6-8-14/h9H,2-8,14H2,1H3. The SMILES string of the molecule is CCn1ncc(Br)c1C(=O)CCCCCCN. The molecule has 0 aliphatic heterocycles. The van der Waals surface area contributed by atoms with Crippen molar-refractivity contribution in [3.8, 4) is 0 Å². The van der Waals surface area contributed by atoms with Gasteiger partial charge in [0.25, 0.3) is 0 Å². The number of aromatic nitrogens is 2. The third-order valence-electron chi connectivity index (χ3n) is 2.72. The van der Waals surface area contributed by atoms with Crippen molar-refractivity contribution in [1.29, 1.82) is 0 Å². The average Bonchev–Trinajstić information content (AvgIpc) is 2.70. The molecule has 1 rings (SSSR count). The summed E-state index contributed by atoms with van der Waals surface area (Å²) < 4.78 is 2.54. The molecule has 5 heteroatoms. The van der Waals surface area contributed by atoms with E-state index in [-0.39, 0.29) is 5.78 Å². The number of halogens is 1. The highest BCUT2D eigenvalue weighted by Crippen LogP contribution is 2.19. The Bertz CT molecular complexity index is 363. The van der Waals surface area contributed by atoms with Gasteiger partial charge in [0.05, 0.1) is 10.7 Å². The van der Waals surface area contributed by atoms with E-state index < -0.39 is 0 Å². The van der Waals surface area contributed by atoms with Crippen LogP contribution in [0.25, 0.3) is 0 Å². The second-order valence-electron chi connectivity index (χ2n) is 4.03. The molecule has 0 unspecified atom stereocenters. The largest absolute Gasteiger partial charge is 0.330 e. The van der Waals surface area contributed by atoms with Crippen LogP contribution < -0.4 is 5.73 Å². The van der Waals surface area contributed by atoms with E-state index in [1.54, 1.807) is 10.9 Å². The van der Waals surface area contributed by atoms with Crippen LogP contribution in [0, 0.1) is 0 Å². The van der Waals surface area contributed by atoms with Crippen LogP contribution in [0.4, 0.5) is 0 Å². The molecule has 0 fully saturated rings. The van der Waals surface area contributed by atoms with Gasteiger partial charge in [-0.05, 0) is 42.2 Å². The van der Waals surface area contributed by atoms with Crippen LogP contribution in [-0.4, -0.2) is 22.1 Å². The van der Waals surface area contributed by atoms with Gasteiger partial charge in [0.1, 0.15) is 5.69 Å². The Morgan fingerprint density at radius 2 is 2.12 bits per heavy atom. The van der Waals surface area contributed by atoms with Gasteiger partial charge in [-0.1, -0.05) is 12.8 Å². The van der Waals surface area contributed by atoms with E-state index in [0.717, 1.165) is 43.2 Å². The molecule has 0 spiro atoms. The molecule has 4 nitrogen and oxygen atoms in total. The Morgan fingerprint density at radius 3 is 2.76 bits per heavy atom. The van der Waals surface area contributed by atoms with E-state index in [4.69, 9.17) is 5.73 Å². The van der Waals surface area contributed by atoms with Crippen LogP contribution in [0.2, 0.25) is 0 Å². The normalized spacial score (nSPS) is 10.8. The molecule has 1 aromatic heterocycles. The maximum atomic E-state index is 12.0. The molecule has 0 aliphatic rings. The number of Topliss-reactive ketones (excluding diaryl/α,β-unsaturated/α-hetero) is 1. The van der Waals surface area contributed by atoms with Gasteiger partial charge < -0.3 is 5.73 Å². The Morgan fingerprint density at radius 1 is 1.41 bits per heavy atom. The molecular formula is C12H20BrN3O. The molecule has 17 heavy (non-hydrogen) atoms. The van der Waals surface area contributed by atoms with Crippen LogP contribution in [0.15, 0.2) is 10.7 Å².